The van der Waals surface area contributed by atoms with Crippen LogP contribution in [0, 0.1) is 0 Å². The highest BCUT2D eigenvalue weighted by Crippen LogP contribution is 2.04. The van der Waals surface area contributed by atoms with E-state index in [1.165, 1.54) is 20.8 Å². The minimum Gasteiger partial charge on any atom is -0.481 e. The first-order valence-corrected chi connectivity index (χ1v) is 16.1. The van der Waals surface area contributed by atoms with E-state index in [1.54, 1.807) is 6.92 Å². The van der Waals surface area contributed by atoms with Gasteiger partial charge in [-0.2, -0.15) is 0 Å². The van der Waals surface area contributed by atoms with Gasteiger partial charge in [-0.25, -0.2) is 0 Å². The van der Waals surface area contributed by atoms with Crippen LogP contribution in [0.15, 0.2) is 0 Å². The average molecular weight is 852 g/mol. The fourth-order valence-corrected chi connectivity index (χ4v) is 2.93. The van der Waals surface area contributed by atoms with E-state index < -0.39 is 85.9 Å². The number of ether oxygens (including phenoxy) is 9. The third-order valence-corrected chi connectivity index (χ3v) is 4.81. The normalized spacial score (nSPS) is 11.1. The molecule has 3 atom stereocenters. The molecule has 23 heteroatoms. The van der Waals surface area contributed by atoms with Crippen LogP contribution in [-0.4, -0.2) is 107 Å². The van der Waals surface area contributed by atoms with Crippen LogP contribution in [0.3, 0.4) is 0 Å². The number of carbonyl (C=O) groups excluding carboxylic acids is 9. The van der Waals surface area contributed by atoms with E-state index >= 15 is 0 Å². The number of aliphatic carboxylic acids is 2. The van der Waals surface area contributed by atoms with Crippen LogP contribution < -0.4 is 0 Å². The summed E-state index contributed by atoms with van der Waals surface area (Å²) in [4.78, 5) is 119. The Labute approximate surface area is 318 Å². The Bertz CT molecular complexity index is 1160. The minimum atomic E-state index is -1.14. The molecule has 2 N–H and O–H groups in total. The maximum atomic E-state index is 11.4. The van der Waals surface area contributed by atoms with E-state index in [0.717, 1.165) is 13.8 Å². The zero-order valence-electron chi connectivity index (χ0n) is 29.7. The average Bonchev–Trinajstić information content (AvgIpc) is 3.00. The first-order valence-electron chi connectivity index (χ1n) is 15.1. The molecule has 0 saturated heterocycles. The molecule has 0 aromatic carbocycles. The van der Waals surface area contributed by atoms with Gasteiger partial charge >= 0.3 is 65.7 Å². The Hall–Kier alpha value is -5.35. The number of halogens is 1. The summed E-state index contributed by atoms with van der Waals surface area (Å²) in [5, 5.41) is 16.3. The quantitative estimate of drug-likeness (QED) is 0.0723. The second-order valence-electron chi connectivity index (χ2n) is 9.57. The van der Waals surface area contributed by atoms with E-state index in [9.17, 15) is 52.7 Å². The molecular weight excluding hydrogens is 804 g/mol. The Balaban J connectivity index is -0.000000420. The monoisotopic (exact) mass is 850 g/mol. The fraction of sp³-hybridized carbons (Fsp3) is 0.645. The first kappa shape index (κ1) is 55.4. The summed E-state index contributed by atoms with van der Waals surface area (Å²) in [5.41, 5.74) is 0. The lowest BCUT2D eigenvalue weighted by atomic mass is 10.3. The lowest BCUT2D eigenvalue weighted by Crippen LogP contribution is -2.21. The highest BCUT2D eigenvalue weighted by Gasteiger charge is 2.17. The molecule has 0 rings (SSSR count). The molecule has 0 saturated carbocycles. The molecule has 54 heavy (non-hydrogen) atoms. The van der Waals surface area contributed by atoms with Crippen LogP contribution in [0.4, 0.5) is 0 Å². The number of alkyl halides is 1. The van der Waals surface area contributed by atoms with Gasteiger partial charge in [0.05, 0.1) is 51.4 Å². The van der Waals surface area contributed by atoms with Crippen molar-refractivity contribution in [2.45, 2.75) is 118 Å². The Morgan fingerprint density at radius 1 is 0.426 bits per heavy atom. The Kier molecular flexibility index (Phi) is 34.4. The zero-order valence-corrected chi connectivity index (χ0v) is 31.3. The van der Waals surface area contributed by atoms with Crippen molar-refractivity contribution in [2.24, 2.45) is 0 Å². The molecule has 0 fully saturated rings. The van der Waals surface area contributed by atoms with Gasteiger partial charge in [-0.3, -0.25) is 52.7 Å². The largest absolute Gasteiger partial charge is 0.481 e. The van der Waals surface area contributed by atoms with Gasteiger partial charge in [0.15, 0.2) is 5.01 Å². The first-order chi connectivity index (χ1) is 24.5. The van der Waals surface area contributed by atoms with Crippen molar-refractivity contribution >= 4 is 81.6 Å². The van der Waals surface area contributed by atoms with E-state index in [4.69, 9.17) is 19.7 Å². The molecule has 0 aromatic rings. The molecule has 0 heterocycles. The molecule has 0 aliphatic heterocycles. The summed E-state index contributed by atoms with van der Waals surface area (Å²) in [5.74, 6) is -8.63. The number of hydrogen-bond acceptors (Lipinski definition) is 20. The number of hydrogen-bond donors (Lipinski definition) is 2. The van der Waals surface area contributed by atoms with Crippen LogP contribution in [-0.2, 0) is 95.4 Å². The van der Waals surface area contributed by atoms with E-state index in [0.29, 0.717) is 0 Å². The van der Waals surface area contributed by atoms with Crippen molar-refractivity contribution in [3.05, 3.63) is 0 Å². The lowest BCUT2D eigenvalue weighted by molar-refractivity contribution is -0.185. The van der Waals surface area contributed by atoms with Crippen LogP contribution >= 0.6 is 15.9 Å². The third kappa shape index (κ3) is 44.7. The van der Waals surface area contributed by atoms with Crippen molar-refractivity contribution in [3.8, 4) is 0 Å². The van der Waals surface area contributed by atoms with Gasteiger partial charge in [0.25, 0.3) is 0 Å². The summed E-state index contributed by atoms with van der Waals surface area (Å²) < 4.78 is 41.1. The van der Waals surface area contributed by atoms with Crippen molar-refractivity contribution < 1.29 is 106 Å². The van der Waals surface area contributed by atoms with Crippen LogP contribution in [0.1, 0.15) is 100 Å². The summed E-state index contributed by atoms with van der Waals surface area (Å²) >= 11 is 3.03. The highest BCUT2D eigenvalue weighted by molar-refractivity contribution is 9.09. The zero-order chi connectivity index (χ0) is 41.5. The van der Waals surface area contributed by atoms with Gasteiger partial charge in [0.2, 0.25) is 26.2 Å². The highest BCUT2D eigenvalue weighted by atomic mass is 79.9. The van der Waals surface area contributed by atoms with Crippen LogP contribution in [0.5, 0.6) is 0 Å². The lowest BCUT2D eigenvalue weighted by Gasteiger charge is -2.12. The van der Waals surface area contributed by atoms with Crippen molar-refractivity contribution in [3.63, 3.8) is 0 Å². The van der Waals surface area contributed by atoms with E-state index in [-0.39, 0.29) is 69.8 Å². The van der Waals surface area contributed by atoms with Gasteiger partial charge in [-0.15, -0.1) is 0 Å². The third-order valence-electron chi connectivity index (χ3n) is 4.62. The topological polar surface area (TPSA) is 311 Å². The summed E-state index contributed by atoms with van der Waals surface area (Å²) in [6, 6.07) is 0. The summed E-state index contributed by atoms with van der Waals surface area (Å²) in [6.45, 7) is 6.74. The molecule has 0 aliphatic rings. The van der Waals surface area contributed by atoms with Gasteiger partial charge in [0.1, 0.15) is 0 Å². The predicted molar refractivity (Wildman–Crippen MR) is 178 cm³/mol. The number of esters is 9. The molecule has 0 amide bonds. The van der Waals surface area contributed by atoms with Crippen LogP contribution in [0.2, 0.25) is 0 Å². The van der Waals surface area contributed by atoms with Crippen molar-refractivity contribution in [2.75, 3.05) is 13.6 Å². The number of carboxylic acids is 2. The number of carboxylic acid groups (broad SMARTS) is 2. The molecule has 3 unspecified atom stereocenters. The predicted octanol–water partition coefficient (Wildman–Crippen LogP) is 2.18. The Morgan fingerprint density at radius 2 is 0.667 bits per heavy atom. The molecule has 22 nitrogen and oxygen atoms in total. The van der Waals surface area contributed by atoms with Crippen molar-refractivity contribution in [1.82, 2.24) is 0 Å². The fourth-order valence-electron chi connectivity index (χ4n) is 2.67. The van der Waals surface area contributed by atoms with Gasteiger partial charge in [0, 0.05) is 34.6 Å². The number of rotatable bonds is 21. The second kappa shape index (κ2) is 33.5. The molecule has 0 spiro atoms. The standard InChI is InChI=1S/C17H24O12.C9H12O8.C4H7BrO2.CH4/c1-10(18)26-12(3)28-16(22)7-5-14(20)24-9-25-15(21)6-8-17(23)29-13(4)27-11(2)19;10-6(11)1-3-8(14)16-5-17-9(15)4-2-7(12)13;1-3(5)7-4(2)6;/h12-13H,5-9H2,1-4H3;1-5H2,(H,10,11)(H,12,13);3H,1-2H3;1H4. The number of carbonyl (C=O) groups is 11. The SMILES string of the molecule is C.CC(=O)OC(C)Br.CC(=O)OC(C)OC(=O)CCC(=O)OCOC(=O)CCC(=O)OC(C)OC(C)=O.O=C(O)CCC(=O)OCOC(=O)CCC(=O)O. The van der Waals surface area contributed by atoms with E-state index in [1.807, 2.05) is 0 Å². The maximum absolute atomic E-state index is 11.4. The Morgan fingerprint density at radius 3 is 0.870 bits per heavy atom. The van der Waals surface area contributed by atoms with Gasteiger partial charge in [-0.05, 0) is 22.9 Å². The maximum Gasteiger partial charge on any atom is 0.309 e. The van der Waals surface area contributed by atoms with Gasteiger partial charge < -0.3 is 52.8 Å². The molecule has 0 bridgehead atoms. The van der Waals surface area contributed by atoms with E-state index in [2.05, 4.69) is 49.1 Å². The summed E-state index contributed by atoms with van der Waals surface area (Å²) in [7, 11) is 0. The smallest absolute Gasteiger partial charge is 0.309 e. The molecule has 310 valence electrons. The molecule has 0 aliphatic carbocycles. The molecule has 0 radical (unpaired) electrons. The molecular formula is C31H47BrO22. The minimum absolute atomic E-state index is 0. The van der Waals surface area contributed by atoms with Crippen LogP contribution in [0.25, 0.3) is 0 Å². The van der Waals surface area contributed by atoms with Gasteiger partial charge in [-0.1, -0.05) is 7.43 Å². The summed E-state index contributed by atoms with van der Waals surface area (Å²) in [6.07, 6.45) is -4.88. The molecule has 0 aromatic heterocycles. The van der Waals surface area contributed by atoms with Crippen molar-refractivity contribution in [1.29, 1.82) is 0 Å². The second-order valence-corrected chi connectivity index (χ2v) is 10.9.